The third-order valence-electron chi connectivity index (χ3n) is 7.39. The molecule has 4 rings (SSSR count). The van der Waals surface area contributed by atoms with Crippen molar-refractivity contribution in [3.8, 4) is 5.75 Å². The number of hydrogen-bond acceptors (Lipinski definition) is 8. The van der Waals surface area contributed by atoms with Crippen molar-refractivity contribution in [1.29, 1.82) is 0 Å². The van der Waals surface area contributed by atoms with Crippen LogP contribution in [0.3, 0.4) is 0 Å². The van der Waals surface area contributed by atoms with Gasteiger partial charge in [0.25, 0.3) is 0 Å². The van der Waals surface area contributed by atoms with Crippen LogP contribution in [-0.2, 0) is 9.53 Å². The fourth-order valence-corrected chi connectivity index (χ4v) is 5.29. The third-order valence-corrected chi connectivity index (χ3v) is 7.39. The zero-order valence-corrected chi connectivity index (χ0v) is 22.7. The zero-order chi connectivity index (χ0) is 26.6. The molecule has 3 fully saturated rings. The topological polar surface area (TPSA) is 107 Å². The van der Waals surface area contributed by atoms with E-state index in [0.717, 1.165) is 70.0 Å². The Morgan fingerprint density at radius 3 is 2.41 bits per heavy atom. The van der Waals surface area contributed by atoms with Gasteiger partial charge in [-0.05, 0) is 64.5 Å². The molecule has 0 aliphatic carbocycles. The number of methoxy groups -OCH3 is 1. The van der Waals surface area contributed by atoms with Gasteiger partial charge in [-0.15, -0.1) is 0 Å². The minimum atomic E-state index is -0.765. The van der Waals surface area contributed by atoms with Crippen LogP contribution in [0.1, 0.15) is 46.5 Å². The molecular weight excluding hydrogens is 474 g/mol. The summed E-state index contributed by atoms with van der Waals surface area (Å²) in [5, 5.41) is 15.5. The molecule has 3 saturated heterocycles. The van der Waals surface area contributed by atoms with Crippen molar-refractivity contribution in [3.63, 3.8) is 0 Å². The molecule has 2 atom stereocenters. The Kier molecular flexibility index (Phi) is 8.69. The van der Waals surface area contributed by atoms with E-state index in [-0.39, 0.29) is 18.0 Å². The molecule has 3 aliphatic heterocycles. The van der Waals surface area contributed by atoms with Crippen LogP contribution in [0.5, 0.6) is 5.75 Å². The van der Waals surface area contributed by atoms with E-state index in [0.29, 0.717) is 24.5 Å². The molecule has 10 nitrogen and oxygen atoms in total. The number of rotatable bonds is 6. The van der Waals surface area contributed by atoms with E-state index in [9.17, 15) is 14.7 Å². The van der Waals surface area contributed by atoms with Gasteiger partial charge in [0.2, 0.25) is 5.91 Å². The molecular formula is C27H43N5O5. The fraction of sp³-hybridized carbons (Fsp3) is 0.704. The summed E-state index contributed by atoms with van der Waals surface area (Å²) in [4.78, 5) is 31.3. The van der Waals surface area contributed by atoms with Gasteiger partial charge < -0.3 is 35.0 Å². The first-order valence-electron chi connectivity index (χ1n) is 13.5. The Labute approximate surface area is 220 Å². The number of anilines is 2. The molecule has 1 aromatic rings. The molecule has 0 radical (unpaired) electrons. The normalized spacial score (nSPS) is 24.0. The highest BCUT2D eigenvalue weighted by atomic mass is 16.6. The summed E-state index contributed by atoms with van der Waals surface area (Å²) < 4.78 is 11.1. The van der Waals surface area contributed by atoms with Crippen molar-refractivity contribution in [2.45, 2.75) is 64.3 Å². The monoisotopic (exact) mass is 517 g/mol. The van der Waals surface area contributed by atoms with Crippen molar-refractivity contribution >= 4 is 23.4 Å². The van der Waals surface area contributed by atoms with Crippen molar-refractivity contribution in [1.82, 2.24) is 15.1 Å². The lowest BCUT2D eigenvalue weighted by Crippen LogP contribution is -2.49. The lowest BCUT2D eigenvalue weighted by atomic mass is 9.96. The van der Waals surface area contributed by atoms with Gasteiger partial charge in [-0.3, -0.25) is 9.69 Å². The van der Waals surface area contributed by atoms with Crippen LogP contribution < -0.4 is 20.3 Å². The molecule has 0 bridgehead atoms. The predicted molar refractivity (Wildman–Crippen MR) is 143 cm³/mol. The molecule has 1 aromatic carbocycles. The van der Waals surface area contributed by atoms with E-state index in [2.05, 4.69) is 26.5 Å². The van der Waals surface area contributed by atoms with Crippen molar-refractivity contribution < 1.29 is 24.2 Å². The highest BCUT2D eigenvalue weighted by Crippen LogP contribution is 2.32. The van der Waals surface area contributed by atoms with Gasteiger partial charge in [-0.2, -0.15) is 0 Å². The average molecular weight is 518 g/mol. The number of likely N-dealkylation sites (tertiary alicyclic amines) is 1. The molecule has 10 heteroatoms. The number of carbonyl (C=O) groups is 2. The number of ether oxygens (including phenoxy) is 2. The standard InChI is InChI=1S/C27H43N5O5/c1-27(2,3)37-26(35)32-11-9-19(10-12-32)18-30-13-15-31(16-14-30)20-5-6-21(23(17-20)36-4)28-22-7-8-24(33)29-25(22)34/h5-6,17,19,22,24,28,33H,7-16,18H2,1-4H3,(H,29,34). The minimum Gasteiger partial charge on any atom is -0.495 e. The van der Waals surface area contributed by atoms with E-state index >= 15 is 0 Å². The number of hydrogen-bond donors (Lipinski definition) is 3. The summed E-state index contributed by atoms with van der Waals surface area (Å²) in [7, 11) is 1.64. The summed E-state index contributed by atoms with van der Waals surface area (Å²) in [5.74, 6) is 1.11. The Bertz CT molecular complexity index is 936. The Morgan fingerprint density at radius 2 is 1.78 bits per heavy atom. The van der Waals surface area contributed by atoms with Crippen LogP contribution in [0.2, 0.25) is 0 Å². The van der Waals surface area contributed by atoms with Gasteiger partial charge in [0.15, 0.2) is 0 Å². The number of amides is 2. The lowest BCUT2D eigenvalue weighted by molar-refractivity contribution is -0.127. The van der Waals surface area contributed by atoms with Crippen molar-refractivity contribution in [3.05, 3.63) is 18.2 Å². The first-order chi connectivity index (χ1) is 17.6. The first-order valence-corrected chi connectivity index (χ1v) is 13.5. The molecule has 0 spiro atoms. The summed E-state index contributed by atoms with van der Waals surface area (Å²) >= 11 is 0. The number of nitrogens with one attached hydrogen (secondary N) is 2. The predicted octanol–water partition coefficient (Wildman–Crippen LogP) is 2.47. The smallest absolute Gasteiger partial charge is 0.410 e. The molecule has 37 heavy (non-hydrogen) atoms. The number of aliphatic hydroxyl groups is 1. The number of piperidine rings is 2. The zero-order valence-electron chi connectivity index (χ0n) is 22.7. The number of benzene rings is 1. The molecule has 0 saturated carbocycles. The molecule has 2 amide bonds. The Hall–Kier alpha value is -2.72. The average Bonchev–Trinajstić information content (AvgIpc) is 2.86. The van der Waals surface area contributed by atoms with Gasteiger partial charge in [0.1, 0.15) is 23.6 Å². The van der Waals surface area contributed by atoms with Gasteiger partial charge >= 0.3 is 6.09 Å². The molecule has 3 N–H and O–H groups in total. The molecule has 0 aromatic heterocycles. The maximum absolute atomic E-state index is 12.3. The highest BCUT2D eigenvalue weighted by Gasteiger charge is 2.30. The minimum absolute atomic E-state index is 0.197. The van der Waals surface area contributed by atoms with E-state index < -0.39 is 11.8 Å². The highest BCUT2D eigenvalue weighted by molar-refractivity contribution is 5.86. The number of piperazine rings is 1. The Morgan fingerprint density at radius 1 is 1.08 bits per heavy atom. The van der Waals surface area contributed by atoms with Gasteiger partial charge in [0.05, 0.1) is 12.8 Å². The number of carbonyl (C=O) groups excluding carboxylic acids is 2. The second kappa shape index (κ2) is 11.8. The van der Waals surface area contributed by atoms with E-state index in [1.165, 1.54) is 0 Å². The summed E-state index contributed by atoms with van der Waals surface area (Å²) in [5.41, 5.74) is 1.43. The quantitative estimate of drug-likeness (QED) is 0.529. The maximum atomic E-state index is 12.3. The molecule has 2 unspecified atom stereocenters. The van der Waals surface area contributed by atoms with Crippen LogP contribution in [0.15, 0.2) is 18.2 Å². The molecule has 206 valence electrons. The Balaban J connectivity index is 1.24. The van der Waals surface area contributed by atoms with E-state index in [1.807, 2.05) is 37.8 Å². The second-order valence-corrected chi connectivity index (χ2v) is 11.4. The third kappa shape index (κ3) is 7.41. The van der Waals surface area contributed by atoms with Crippen molar-refractivity contribution in [2.75, 3.05) is 63.1 Å². The second-order valence-electron chi connectivity index (χ2n) is 11.4. The maximum Gasteiger partial charge on any atom is 0.410 e. The largest absolute Gasteiger partial charge is 0.495 e. The lowest BCUT2D eigenvalue weighted by Gasteiger charge is -2.40. The summed E-state index contributed by atoms with van der Waals surface area (Å²) in [6, 6.07) is 5.68. The summed E-state index contributed by atoms with van der Waals surface area (Å²) in [6.07, 6.45) is 2.17. The van der Waals surface area contributed by atoms with E-state index in [4.69, 9.17) is 9.47 Å². The van der Waals surface area contributed by atoms with Gasteiger partial charge in [-0.1, -0.05) is 0 Å². The fourth-order valence-electron chi connectivity index (χ4n) is 5.29. The van der Waals surface area contributed by atoms with Crippen LogP contribution in [-0.4, -0.2) is 97.7 Å². The van der Waals surface area contributed by atoms with Crippen molar-refractivity contribution in [2.24, 2.45) is 5.92 Å². The SMILES string of the molecule is COc1cc(N2CCN(CC3CCN(C(=O)OC(C)(C)C)CC3)CC2)ccc1NC1CCC(O)NC1=O. The van der Waals surface area contributed by atoms with Gasteiger partial charge in [-0.25, -0.2) is 4.79 Å². The number of aliphatic hydroxyl groups excluding tert-OH is 1. The van der Waals surface area contributed by atoms with Crippen LogP contribution in [0.25, 0.3) is 0 Å². The van der Waals surface area contributed by atoms with Gasteiger partial charge in [0, 0.05) is 57.6 Å². The van der Waals surface area contributed by atoms with E-state index in [1.54, 1.807) is 7.11 Å². The molecule has 3 aliphatic rings. The van der Waals surface area contributed by atoms with Crippen LogP contribution in [0.4, 0.5) is 16.2 Å². The number of nitrogens with zero attached hydrogens (tertiary/aromatic N) is 3. The van der Waals surface area contributed by atoms with Crippen LogP contribution >= 0.6 is 0 Å². The first kappa shape index (κ1) is 27.3. The molecule has 3 heterocycles. The van der Waals surface area contributed by atoms with Crippen LogP contribution in [0, 0.1) is 5.92 Å². The summed E-state index contributed by atoms with van der Waals surface area (Å²) in [6.45, 7) is 12.2.